The van der Waals surface area contributed by atoms with Crippen LogP contribution in [0.25, 0.3) is 10.6 Å². The van der Waals surface area contributed by atoms with Crippen LogP contribution in [0.15, 0.2) is 60.0 Å². The zero-order valence-corrected chi connectivity index (χ0v) is 14.8. The van der Waals surface area contributed by atoms with Gasteiger partial charge in [-0.2, -0.15) is 0 Å². The van der Waals surface area contributed by atoms with Crippen LogP contribution in [0.2, 0.25) is 5.02 Å². The predicted molar refractivity (Wildman–Crippen MR) is 101 cm³/mol. The number of likely N-dealkylation sites (N-methyl/N-ethyl adjacent to an activating group) is 1. The summed E-state index contributed by atoms with van der Waals surface area (Å²) in [6.07, 6.45) is 0.291. The van der Waals surface area contributed by atoms with Crippen molar-refractivity contribution in [1.29, 1.82) is 0 Å². The number of aromatic nitrogens is 1. The van der Waals surface area contributed by atoms with Crippen LogP contribution in [0.5, 0.6) is 0 Å². The highest BCUT2D eigenvalue weighted by molar-refractivity contribution is 7.13. The van der Waals surface area contributed by atoms with Gasteiger partial charge in [-0.25, -0.2) is 4.98 Å². The molecule has 0 aliphatic carbocycles. The second kappa shape index (κ2) is 7.60. The molecule has 0 aliphatic rings. The molecule has 0 saturated carbocycles. The maximum absolute atomic E-state index is 12.6. The zero-order chi connectivity index (χ0) is 16.9. The predicted octanol–water partition coefficient (Wildman–Crippen LogP) is 5.06. The number of rotatable bonds is 5. The summed E-state index contributed by atoms with van der Waals surface area (Å²) >= 11 is 7.56. The van der Waals surface area contributed by atoms with Gasteiger partial charge in [0, 0.05) is 28.2 Å². The molecule has 0 spiro atoms. The van der Waals surface area contributed by atoms with Crippen LogP contribution in [0.1, 0.15) is 12.6 Å². The summed E-state index contributed by atoms with van der Waals surface area (Å²) in [6, 6.07) is 17.3. The highest BCUT2D eigenvalue weighted by Crippen LogP contribution is 2.26. The van der Waals surface area contributed by atoms with E-state index < -0.39 is 0 Å². The van der Waals surface area contributed by atoms with Crippen molar-refractivity contribution >= 4 is 34.5 Å². The number of hydrogen-bond acceptors (Lipinski definition) is 3. The summed E-state index contributed by atoms with van der Waals surface area (Å²) in [7, 11) is 0. The number of thiazole rings is 1. The molecule has 5 heteroatoms. The van der Waals surface area contributed by atoms with Gasteiger partial charge in [-0.15, -0.1) is 11.3 Å². The van der Waals surface area contributed by atoms with E-state index in [-0.39, 0.29) is 5.91 Å². The van der Waals surface area contributed by atoms with Crippen molar-refractivity contribution < 1.29 is 4.79 Å². The van der Waals surface area contributed by atoms with Crippen LogP contribution >= 0.6 is 22.9 Å². The van der Waals surface area contributed by atoms with Crippen molar-refractivity contribution in [2.24, 2.45) is 0 Å². The van der Waals surface area contributed by atoms with E-state index in [1.165, 1.54) is 11.3 Å². The fraction of sp³-hybridized carbons (Fsp3) is 0.158. The Morgan fingerprint density at radius 1 is 1.17 bits per heavy atom. The normalized spacial score (nSPS) is 10.6. The van der Waals surface area contributed by atoms with Gasteiger partial charge >= 0.3 is 0 Å². The number of carbonyl (C=O) groups is 1. The Hall–Kier alpha value is -2.17. The molecule has 0 unspecified atom stereocenters. The number of benzene rings is 2. The molecular weight excluding hydrogens is 340 g/mol. The maximum Gasteiger partial charge on any atom is 0.233 e. The summed E-state index contributed by atoms with van der Waals surface area (Å²) in [4.78, 5) is 19.0. The number of amides is 1. The van der Waals surface area contributed by atoms with Gasteiger partial charge in [0.1, 0.15) is 5.01 Å². The molecule has 0 N–H and O–H groups in total. The van der Waals surface area contributed by atoms with Crippen LogP contribution in [0.4, 0.5) is 5.69 Å². The number of anilines is 1. The van der Waals surface area contributed by atoms with Gasteiger partial charge in [0.25, 0.3) is 0 Å². The SMILES string of the molecule is CCN(C(=O)Cc1csc(-c2cccc(Cl)c2)n1)c1ccccc1. The first kappa shape index (κ1) is 16.7. The largest absolute Gasteiger partial charge is 0.312 e. The van der Waals surface area contributed by atoms with Gasteiger partial charge in [0.2, 0.25) is 5.91 Å². The van der Waals surface area contributed by atoms with Gasteiger partial charge in [0.05, 0.1) is 12.1 Å². The first-order valence-corrected chi connectivity index (χ1v) is 8.99. The van der Waals surface area contributed by atoms with Crippen molar-refractivity contribution in [2.75, 3.05) is 11.4 Å². The van der Waals surface area contributed by atoms with E-state index in [1.54, 1.807) is 4.90 Å². The van der Waals surface area contributed by atoms with E-state index in [0.717, 1.165) is 22.0 Å². The summed E-state index contributed by atoms with van der Waals surface area (Å²) < 4.78 is 0. The maximum atomic E-state index is 12.6. The number of hydrogen-bond donors (Lipinski definition) is 0. The topological polar surface area (TPSA) is 33.2 Å². The van der Waals surface area contributed by atoms with E-state index in [9.17, 15) is 4.79 Å². The van der Waals surface area contributed by atoms with Crippen molar-refractivity contribution in [3.05, 3.63) is 70.7 Å². The van der Waals surface area contributed by atoms with Crippen LogP contribution < -0.4 is 4.90 Å². The highest BCUT2D eigenvalue weighted by atomic mass is 35.5. The summed E-state index contributed by atoms with van der Waals surface area (Å²) in [5.74, 6) is 0.0478. The van der Waals surface area contributed by atoms with Gasteiger partial charge in [0.15, 0.2) is 0 Å². The Kier molecular flexibility index (Phi) is 5.28. The molecule has 0 aliphatic heterocycles. The number of carbonyl (C=O) groups excluding carboxylic acids is 1. The molecule has 0 saturated heterocycles. The van der Waals surface area contributed by atoms with Crippen molar-refractivity contribution in [3.63, 3.8) is 0 Å². The molecule has 1 heterocycles. The lowest BCUT2D eigenvalue weighted by atomic mass is 10.2. The third kappa shape index (κ3) is 3.83. The monoisotopic (exact) mass is 356 g/mol. The smallest absolute Gasteiger partial charge is 0.233 e. The Balaban J connectivity index is 1.75. The van der Waals surface area contributed by atoms with E-state index in [4.69, 9.17) is 11.6 Å². The molecule has 122 valence electrons. The van der Waals surface area contributed by atoms with E-state index in [1.807, 2.05) is 66.9 Å². The quantitative estimate of drug-likeness (QED) is 0.640. The first-order chi connectivity index (χ1) is 11.7. The zero-order valence-electron chi connectivity index (χ0n) is 13.3. The lowest BCUT2D eigenvalue weighted by Gasteiger charge is -2.20. The van der Waals surface area contributed by atoms with E-state index >= 15 is 0 Å². The standard InChI is InChI=1S/C19H17ClN2OS/c1-2-22(17-9-4-3-5-10-17)18(23)12-16-13-24-19(21-16)14-7-6-8-15(20)11-14/h3-11,13H,2,12H2,1H3. The number of nitrogens with zero attached hydrogens (tertiary/aromatic N) is 2. The Labute approximate surface area is 150 Å². The van der Waals surface area contributed by atoms with Gasteiger partial charge < -0.3 is 4.90 Å². The minimum atomic E-state index is 0.0478. The molecule has 0 atom stereocenters. The van der Waals surface area contributed by atoms with Crippen LogP contribution in [0, 0.1) is 0 Å². The highest BCUT2D eigenvalue weighted by Gasteiger charge is 2.16. The Bertz CT molecular complexity index is 832. The second-order valence-corrected chi connectivity index (χ2v) is 6.60. The molecule has 0 bridgehead atoms. The number of halogens is 1. The Morgan fingerprint density at radius 2 is 1.96 bits per heavy atom. The molecule has 1 aromatic heterocycles. The molecule has 24 heavy (non-hydrogen) atoms. The fourth-order valence-corrected chi connectivity index (χ4v) is 3.51. The van der Waals surface area contributed by atoms with E-state index in [2.05, 4.69) is 4.98 Å². The van der Waals surface area contributed by atoms with Crippen molar-refractivity contribution in [1.82, 2.24) is 4.98 Å². The van der Waals surface area contributed by atoms with Gasteiger partial charge in [-0.05, 0) is 31.2 Å². The van der Waals surface area contributed by atoms with Gasteiger partial charge in [-0.1, -0.05) is 41.9 Å². The average molecular weight is 357 g/mol. The lowest BCUT2D eigenvalue weighted by molar-refractivity contribution is -0.118. The minimum Gasteiger partial charge on any atom is -0.312 e. The molecule has 1 amide bonds. The molecule has 3 rings (SSSR count). The molecule has 2 aromatic carbocycles. The average Bonchev–Trinajstić information content (AvgIpc) is 3.05. The minimum absolute atomic E-state index is 0.0478. The van der Waals surface area contributed by atoms with Crippen LogP contribution in [0.3, 0.4) is 0 Å². The summed E-state index contributed by atoms with van der Waals surface area (Å²) in [5, 5.41) is 3.50. The van der Waals surface area contributed by atoms with Gasteiger partial charge in [-0.3, -0.25) is 4.79 Å². The first-order valence-electron chi connectivity index (χ1n) is 7.73. The van der Waals surface area contributed by atoms with Crippen LogP contribution in [-0.2, 0) is 11.2 Å². The third-order valence-electron chi connectivity index (χ3n) is 3.64. The molecule has 3 nitrogen and oxygen atoms in total. The summed E-state index contributed by atoms with van der Waals surface area (Å²) in [5.41, 5.74) is 2.67. The fourth-order valence-electron chi connectivity index (χ4n) is 2.50. The summed E-state index contributed by atoms with van der Waals surface area (Å²) in [6.45, 7) is 2.61. The molecular formula is C19H17ClN2OS. The second-order valence-electron chi connectivity index (χ2n) is 5.30. The van der Waals surface area contributed by atoms with E-state index in [0.29, 0.717) is 18.0 Å². The lowest BCUT2D eigenvalue weighted by Crippen LogP contribution is -2.32. The number of para-hydroxylation sites is 1. The third-order valence-corrected chi connectivity index (χ3v) is 4.82. The molecule has 0 fully saturated rings. The van der Waals surface area contributed by atoms with Crippen molar-refractivity contribution in [3.8, 4) is 10.6 Å². The molecule has 0 radical (unpaired) electrons. The Morgan fingerprint density at radius 3 is 2.67 bits per heavy atom. The van der Waals surface area contributed by atoms with Crippen molar-refractivity contribution in [2.45, 2.75) is 13.3 Å². The van der Waals surface area contributed by atoms with Crippen LogP contribution in [-0.4, -0.2) is 17.4 Å². The molecule has 3 aromatic rings.